The highest BCUT2D eigenvalue weighted by molar-refractivity contribution is 5.84. The molecule has 0 bridgehead atoms. The average Bonchev–Trinajstić information content (AvgIpc) is 2.35. The number of halogens is 1. The Hall–Kier alpha value is -1.62. The summed E-state index contributed by atoms with van der Waals surface area (Å²) in [6, 6.07) is 5.44. The Balaban J connectivity index is 1.86. The number of ether oxygens (including phenoxy) is 1. The maximum atomic E-state index is 12.7. The molecule has 0 aliphatic heterocycles. The lowest BCUT2D eigenvalue weighted by Gasteiger charge is -2.28. The van der Waals surface area contributed by atoms with Gasteiger partial charge in [0.25, 0.3) is 0 Å². The van der Waals surface area contributed by atoms with E-state index in [-0.39, 0.29) is 18.0 Å². The third-order valence-electron chi connectivity index (χ3n) is 3.10. The second-order valence-corrected chi connectivity index (χ2v) is 4.52. The predicted molar refractivity (Wildman–Crippen MR) is 66.7 cm³/mol. The first-order valence-electron chi connectivity index (χ1n) is 6.14. The molecule has 18 heavy (non-hydrogen) atoms. The number of carbonyl (C=O) groups excluding carboxylic acids is 1. The minimum atomic E-state index is -0.538. The number of hydrogen-bond acceptors (Lipinski definition) is 3. The lowest BCUT2D eigenvalue weighted by Crippen LogP contribution is -2.41. The number of hydrogen-bond donors (Lipinski definition) is 2. The topological polar surface area (TPSA) is 64.3 Å². The zero-order valence-electron chi connectivity index (χ0n) is 10.1. The monoisotopic (exact) mass is 252 g/mol. The summed E-state index contributed by atoms with van der Waals surface area (Å²) in [5, 5.41) is 2.55. The molecule has 5 heteroatoms. The van der Waals surface area contributed by atoms with Gasteiger partial charge in [-0.2, -0.15) is 0 Å². The molecule has 1 amide bonds. The zero-order valence-corrected chi connectivity index (χ0v) is 10.1. The number of benzene rings is 1. The number of carbonyl (C=O) groups is 1. The van der Waals surface area contributed by atoms with Crippen molar-refractivity contribution in [2.75, 3.05) is 5.32 Å². The first-order valence-corrected chi connectivity index (χ1v) is 6.14. The van der Waals surface area contributed by atoms with E-state index in [0.717, 1.165) is 25.7 Å². The van der Waals surface area contributed by atoms with E-state index < -0.39 is 6.09 Å². The van der Waals surface area contributed by atoms with E-state index in [9.17, 15) is 9.18 Å². The summed E-state index contributed by atoms with van der Waals surface area (Å²) in [6.45, 7) is 0. The van der Waals surface area contributed by atoms with Gasteiger partial charge in [-0.15, -0.1) is 0 Å². The summed E-state index contributed by atoms with van der Waals surface area (Å²) in [5.41, 5.74) is 6.39. The quantitative estimate of drug-likeness (QED) is 0.850. The Morgan fingerprint density at radius 2 is 1.94 bits per heavy atom. The molecule has 4 nitrogen and oxygen atoms in total. The molecule has 0 spiro atoms. The summed E-state index contributed by atoms with van der Waals surface area (Å²) in [4.78, 5) is 11.6. The molecule has 1 saturated carbocycles. The number of rotatable bonds is 2. The summed E-state index contributed by atoms with van der Waals surface area (Å²) in [6.07, 6.45) is 3.04. The van der Waals surface area contributed by atoms with Crippen LogP contribution in [0.2, 0.25) is 0 Å². The van der Waals surface area contributed by atoms with Crippen LogP contribution in [-0.2, 0) is 4.74 Å². The molecule has 0 aromatic heterocycles. The van der Waals surface area contributed by atoms with E-state index in [4.69, 9.17) is 10.5 Å². The van der Waals surface area contributed by atoms with Crippen LogP contribution in [0.25, 0.3) is 0 Å². The Bertz CT molecular complexity index is 408. The van der Waals surface area contributed by atoms with Gasteiger partial charge < -0.3 is 10.5 Å². The predicted octanol–water partition coefficient (Wildman–Crippen LogP) is 2.64. The van der Waals surface area contributed by atoms with Crippen molar-refractivity contribution in [2.24, 2.45) is 5.73 Å². The third-order valence-corrected chi connectivity index (χ3v) is 3.10. The summed E-state index contributed by atoms with van der Waals surface area (Å²) < 4.78 is 18.0. The molecule has 1 aromatic rings. The molecule has 2 atom stereocenters. The normalized spacial score (nSPS) is 23.4. The molecule has 0 saturated heterocycles. The first kappa shape index (κ1) is 12.8. The second-order valence-electron chi connectivity index (χ2n) is 4.52. The van der Waals surface area contributed by atoms with Crippen molar-refractivity contribution in [1.29, 1.82) is 0 Å². The zero-order chi connectivity index (χ0) is 13.0. The van der Waals surface area contributed by atoms with Crippen molar-refractivity contribution in [1.82, 2.24) is 0 Å². The number of anilines is 1. The molecule has 2 rings (SSSR count). The van der Waals surface area contributed by atoms with Crippen LogP contribution >= 0.6 is 0 Å². The Kier molecular flexibility index (Phi) is 4.15. The summed E-state index contributed by atoms with van der Waals surface area (Å²) in [7, 11) is 0. The number of nitrogens with two attached hydrogens (primary N) is 1. The lowest BCUT2D eigenvalue weighted by molar-refractivity contribution is 0.0728. The maximum Gasteiger partial charge on any atom is 0.411 e. The highest BCUT2D eigenvalue weighted by atomic mass is 19.1. The second kappa shape index (κ2) is 5.82. The van der Waals surface area contributed by atoms with Crippen LogP contribution in [0.4, 0.5) is 14.9 Å². The van der Waals surface area contributed by atoms with Crippen LogP contribution in [0.1, 0.15) is 25.7 Å². The molecular weight excluding hydrogens is 235 g/mol. The van der Waals surface area contributed by atoms with E-state index in [1.165, 1.54) is 24.3 Å². The van der Waals surface area contributed by atoms with Gasteiger partial charge in [0.2, 0.25) is 0 Å². The average molecular weight is 252 g/mol. The van der Waals surface area contributed by atoms with Crippen molar-refractivity contribution in [3.05, 3.63) is 30.1 Å². The lowest BCUT2D eigenvalue weighted by atomic mass is 9.93. The fourth-order valence-electron chi connectivity index (χ4n) is 2.09. The molecule has 2 unspecified atom stereocenters. The van der Waals surface area contributed by atoms with Gasteiger partial charge in [0, 0.05) is 11.7 Å². The Morgan fingerprint density at radius 3 is 2.61 bits per heavy atom. The minimum absolute atomic E-state index is 0.0854. The molecule has 0 radical (unpaired) electrons. The minimum Gasteiger partial charge on any atom is -0.444 e. The molecule has 1 aliphatic carbocycles. The van der Waals surface area contributed by atoms with Crippen molar-refractivity contribution >= 4 is 11.8 Å². The Labute approximate surface area is 105 Å². The van der Waals surface area contributed by atoms with E-state index in [2.05, 4.69) is 5.32 Å². The van der Waals surface area contributed by atoms with E-state index in [1.54, 1.807) is 0 Å². The van der Waals surface area contributed by atoms with Gasteiger partial charge in [0.15, 0.2) is 0 Å². The van der Waals surface area contributed by atoms with Crippen molar-refractivity contribution in [3.63, 3.8) is 0 Å². The highest BCUT2D eigenvalue weighted by Gasteiger charge is 2.25. The molecule has 1 aromatic carbocycles. The van der Waals surface area contributed by atoms with E-state index >= 15 is 0 Å². The van der Waals surface area contributed by atoms with Crippen LogP contribution in [-0.4, -0.2) is 18.2 Å². The smallest absolute Gasteiger partial charge is 0.411 e. The van der Waals surface area contributed by atoms with Crippen LogP contribution in [0.5, 0.6) is 0 Å². The van der Waals surface area contributed by atoms with Gasteiger partial charge in [-0.25, -0.2) is 9.18 Å². The summed E-state index contributed by atoms with van der Waals surface area (Å²) >= 11 is 0. The molecule has 1 fully saturated rings. The number of amides is 1. The van der Waals surface area contributed by atoms with Crippen LogP contribution in [0.3, 0.4) is 0 Å². The molecule has 98 valence electrons. The third kappa shape index (κ3) is 3.43. The van der Waals surface area contributed by atoms with Gasteiger partial charge in [-0.1, -0.05) is 6.42 Å². The first-order chi connectivity index (χ1) is 8.65. The fourth-order valence-corrected chi connectivity index (χ4v) is 2.09. The summed E-state index contributed by atoms with van der Waals surface area (Å²) in [5.74, 6) is -0.344. The van der Waals surface area contributed by atoms with Crippen molar-refractivity contribution in [2.45, 2.75) is 37.8 Å². The highest BCUT2D eigenvalue weighted by Crippen LogP contribution is 2.20. The molecule has 1 aliphatic rings. The number of nitrogens with one attached hydrogen (secondary N) is 1. The fraction of sp³-hybridized carbons (Fsp3) is 0.462. The molecular formula is C13H17FN2O2. The van der Waals surface area contributed by atoms with Crippen LogP contribution < -0.4 is 11.1 Å². The van der Waals surface area contributed by atoms with Crippen molar-refractivity contribution in [3.8, 4) is 0 Å². The van der Waals surface area contributed by atoms with E-state index in [1.807, 2.05) is 0 Å². The maximum absolute atomic E-state index is 12.7. The van der Waals surface area contributed by atoms with Gasteiger partial charge in [0.05, 0.1) is 0 Å². The van der Waals surface area contributed by atoms with Gasteiger partial charge in [-0.05, 0) is 43.5 Å². The Morgan fingerprint density at radius 1 is 1.28 bits per heavy atom. The van der Waals surface area contributed by atoms with Crippen LogP contribution in [0, 0.1) is 5.82 Å². The van der Waals surface area contributed by atoms with E-state index in [0.29, 0.717) is 5.69 Å². The van der Waals surface area contributed by atoms with Crippen LogP contribution in [0.15, 0.2) is 24.3 Å². The SMILES string of the molecule is NC1CCCCC1OC(=O)Nc1ccc(F)cc1. The molecule has 0 heterocycles. The van der Waals surface area contributed by atoms with Gasteiger partial charge >= 0.3 is 6.09 Å². The van der Waals surface area contributed by atoms with Gasteiger partial charge in [-0.3, -0.25) is 5.32 Å². The largest absolute Gasteiger partial charge is 0.444 e. The van der Waals surface area contributed by atoms with Gasteiger partial charge in [0.1, 0.15) is 11.9 Å². The molecule has 3 N–H and O–H groups in total. The van der Waals surface area contributed by atoms with Crippen molar-refractivity contribution < 1.29 is 13.9 Å². The standard InChI is InChI=1S/C13H17FN2O2/c14-9-5-7-10(8-6-9)16-13(17)18-12-4-2-1-3-11(12)15/h5-8,11-12H,1-4,15H2,(H,16,17).